The van der Waals surface area contributed by atoms with Crippen LogP contribution in [0, 0.1) is 0 Å². The first kappa shape index (κ1) is 21.3. The van der Waals surface area contributed by atoms with E-state index >= 15 is 0 Å². The van der Waals surface area contributed by atoms with Gasteiger partial charge in [0.15, 0.2) is 6.10 Å². The lowest BCUT2D eigenvalue weighted by Gasteiger charge is -2.26. The lowest BCUT2D eigenvalue weighted by molar-refractivity contribution is -0.129. The largest absolute Gasteiger partial charge is 0.434 e. The summed E-state index contributed by atoms with van der Waals surface area (Å²) in [5.41, 5.74) is 9.68. The van der Waals surface area contributed by atoms with Gasteiger partial charge in [-0.25, -0.2) is 9.80 Å². The summed E-state index contributed by atoms with van der Waals surface area (Å²) in [5, 5.41) is 4.17. The van der Waals surface area contributed by atoms with E-state index in [0.717, 1.165) is 29.1 Å². The fourth-order valence-electron chi connectivity index (χ4n) is 3.25. The molecular formula is C22H26N4O4. The van der Waals surface area contributed by atoms with Crippen LogP contribution in [0.2, 0.25) is 0 Å². The van der Waals surface area contributed by atoms with Crippen LogP contribution in [-0.2, 0) is 27.3 Å². The second-order valence-electron chi connectivity index (χ2n) is 7.16. The van der Waals surface area contributed by atoms with E-state index in [1.165, 1.54) is 0 Å². The molecule has 0 aromatic heterocycles. The molecule has 1 aliphatic heterocycles. The van der Waals surface area contributed by atoms with Crippen molar-refractivity contribution in [3.63, 3.8) is 0 Å². The van der Waals surface area contributed by atoms with Gasteiger partial charge >= 0.3 is 6.09 Å². The molecule has 0 radical (unpaired) electrons. The van der Waals surface area contributed by atoms with Crippen LogP contribution in [0.3, 0.4) is 0 Å². The van der Waals surface area contributed by atoms with Gasteiger partial charge in [-0.15, -0.1) is 0 Å². The molecule has 8 nitrogen and oxygen atoms in total. The Morgan fingerprint density at radius 1 is 1.07 bits per heavy atom. The summed E-state index contributed by atoms with van der Waals surface area (Å²) in [6.07, 6.45) is -0.260. The van der Waals surface area contributed by atoms with Crippen molar-refractivity contribution in [3.05, 3.63) is 71.8 Å². The Hall–Kier alpha value is -3.39. The fourth-order valence-corrected chi connectivity index (χ4v) is 3.25. The molecule has 1 saturated heterocycles. The molecule has 3 amide bonds. The van der Waals surface area contributed by atoms with Crippen LogP contribution < -0.4 is 16.5 Å². The van der Waals surface area contributed by atoms with Crippen LogP contribution >= 0.6 is 0 Å². The SMILES string of the molecule is NC(=O)[C@H](Cc1ccccc1)OC(=O)N(Cc1ccccc1)NC(=O)[C@@H]1CCCN1. The Bertz CT molecular complexity index is 854. The zero-order valence-electron chi connectivity index (χ0n) is 16.6. The maximum Gasteiger partial charge on any atom is 0.429 e. The van der Waals surface area contributed by atoms with Crippen molar-refractivity contribution >= 4 is 17.9 Å². The normalized spacial score (nSPS) is 16.5. The van der Waals surface area contributed by atoms with Crippen LogP contribution in [0.5, 0.6) is 0 Å². The molecule has 2 aromatic rings. The average molecular weight is 410 g/mol. The number of carbonyl (C=O) groups is 3. The number of nitrogens with two attached hydrogens (primary N) is 1. The van der Waals surface area contributed by atoms with Crippen molar-refractivity contribution < 1.29 is 19.1 Å². The minimum absolute atomic E-state index is 0.0922. The maximum atomic E-state index is 12.9. The number of hydrogen-bond donors (Lipinski definition) is 3. The zero-order chi connectivity index (χ0) is 21.3. The van der Waals surface area contributed by atoms with Crippen molar-refractivity contribution in [2.24, 2.45) is 5.73 Å². The first-order valence-electron chi connectivity index (χ1n) is 9.92. The van der Waals surface area contributed by atoms with Crippen LogP contribution in [0.25, 0.3) is 0 Å². The standard InChI is InChI=1S/C22H26N4O4/c23-20(27)19(14-16-8-3-1-4-9-16)30-22(29)26(15-17-10-5-2-6-11-17)25-21(28)18-12-7-13-24-18/h1-6,8-11,18-19,24H,7,12-15H2,(H2,23,27)(H,25,28)/t18-,19-/m0/s1. The molecule has 30 heavy (non-hydrogen) atoms. The number of ether oxygens (including phenoxy) is 1. The Kier molecular flexibility index (Phi) is 7.40. The molecule has 0 bridgehead atoms. The quantitative estimate of drug-likeness (QED) is 0.599. The molecule has 0 saturated carbocycles. The van der Waals surface area contributed by atoms with E-state index in [9.17, 15) is 14.4 Å². The first-order chi connectivity index (χ1) is 14.5. The molecule has 4 N–H and O–H groups in total. The van der Waals surface area contributed by atoms with E-state index in [1.54, 1.807) is 0 Å². The van der Waals surface area contributed by atoms with Gasteiger partial charge in [0.1, 0.15) is 0 Å². The van der Waals surface area contributed by atoms with Gasteiger partial charge in [0.25, 0.3) is 11.8 Å². The van der Waals surface area contributed by atoms with Crippen molar-refractivity contribution in [2.45, 2.75) is 38.0 Å². The number of primary amides is 1. The minimum Gasteiger partial charge on any atom is -0.434 e. The van der Waals surface area contributed by atoms with Gasteiger partial charge in [0, 0.05) is 6.42 Å². The van der Waals surface area contributed by atoms with Gasteiger partial charge in [-0.05, 0) is 30.5 Å². The molecule has 0 aliphatic carbocycles. The molecule has 1 heterocycles. The van der Waals surface area contributed by atoms with E-state index in [4.69, 9.17) is 10.5 Å². The molecule has 158 valence electrons. The molecule has 0 spiro atoms. The van der Waals surface area contributed by atoms with E-state index in [0.29, 0.717) is 6.42 Å². The first-order valence-corrected chi connectivity index (χ1v) is 9.92. The number of carbonyl (C=O) groups excluding carboxylic acids is 3. The van der Waals surface area contributed by atoms with Gasteiger partial charge in [-0.3, -0.25) is 15.0 Å². The Balaban J connectivity index is 1.71. The molecular weight excluding hydrogens is 384 g/mol. The van der Waals surface area contributed by atoms with Crippen molar-refractivity contribution in [1.82, 2.24) is 15.8 Å². The maximum absolute atomic E-state index is 12.9. The summed E-state index contributed by atoms with van der Waals surface area (Å²) in [7, 11) is 0. The number of rotatable bonds is 7. The van der Waals surface area contributed by atoms with E-state index in [1.807, 2.05) is 60.7 Å². The van der Waals surface area contributed by atoms with Crippen LogP contribution in [-0.4, -0.2) is 41.6 Å². The second-order valence-corrected chi connectivity index (χ2v) is 7.16. The van der Waals surface area contributed by atoms with E-state index < -0.39 is 18.1 Å². The second kappa shape index (κ2) is 10.4. The molecule has 0 unspecified atom stereocenters. The molecule has 2 atom stereocenters. The van der Waals surface area contributed by atoms with Gasteiger partial charge < -0.3 is 15.8 Å². The monoisotopic (exact) mass is 410 g/mol. The predicted octanol–water partition coefficient (Wildman–Crippen LogP) is 1.50. The zero-order valence-corrected chi connectivity index (χ0v) is 16.6. The fraction of sp³-hybridized carbons (Fsp3) is 0.318. The van der Waals surface area contributed by atoms with Crippen molar-refractivity contribution in [3.8, 4) is 0 Å². The number of nitrogens with one attached hydrogen (secondary N) is 2. The van der Waals surface area contributed by atoms with Gasteiger partial charge in [-0.1, -0.05) is 60.7 Å². The molecule has 8 heteroatoms. The Morgan fingerprint density at radius 2 is 1.70 bits per heavy atom. The number of amides is 3. The topological polar surface area (TPSA) is 114 Å². The molecule has 2 aromatic carbocycles. The third kappa shape index (κ3) is 6.05. The summed E-state index contributed by atoms with van der Waals surface area (Å²) in [6, 6.07) is 18.0. The van der Waals surface area contributed by atoms with Crippen molar-refractivity contribution in [2.75, 3.05) is 6.54 Å². The highest BCUT2D eigenvalue weighted by Crippen LogP contribution is 2.11. The highest BCUT2D eigenvalue weighted by molar-refractivity contribution is 5.85. The Labute approximate surface area is 175 Å². The lowest BCUT2D eigenvalue weighted by Crippen LogP contribution is -2.52. The van der Waals surface area contributed by atoms with Crippen LogP contribution in [0.4, 0.5) is 4.79 Å². The van der Waals surface area contributed by atoms with Crippen LogP contribution in [0.15, 0.2) is 60.7 Å². The molecule has 1 fully saturated rings. The third-order valence-electron chi connectivity index (χ3n) is 4.85. The summed E-state index contributed by atoms with van der Waals surface area (Å²) in [4.78, 5) is 37.3. The lowest BCUT2D eigenvalue weighted by atomic mass is 10.1. The summed E-state index contributed by atoms with van der Waals surface area (Å²) in [5.74, 6) is -1.07. The van der Waals surface area contributed by atoms with Crippen molar-refractivity contribution in [1.29, 1.82) is 0 Å². The van der Waals surface area contributed by atoms with Gasteiger partial charge in [0.05, 0.1) is 12.6 Å². The molecule has 1 aliphatic rings. The average Bonchev–Trinajstić information content (AvgIpc) is 3.29. The van der Waals surface area contributed by atoms with Crippen LogP contribution in [0.1, 0.15) is 24.0 Å². The minimum atomic E-state index is -1.15. The van der Waals surface area contributed by atoms with Gasteiger partial charge in [-0.2, -0.15) is 0 Å². The summed E-state index contributed by atoms with van der Waals surface area (Å²) < 4.78 is 5.39. The van der Waals surface area contributed by atoms with E-state index in [2.05, 4.69) is 10.7 Å². The number of nitrogens with zero attached hydrogens (tertiary/aromatic N) is 1. The Morgan fingerprint density at radius 3 is 2.27 bits per heavy atom. The smallest absolute Gasteiger partial charge is 0.429 e. The third-order valence-corrected chi connectivity index (χ3v) is 4.85. The predicted molar refractivity (Wildman–Crippen MR) is 111 cm³/mol. The molecule has 3 rings (SSSR count). The highest BCUT2D eigenvalue weighted by atomic mass is 16.6. The number of benzene rings is 2. The number of hydrazine groups is 1. The number of hydrogen-bond acceptors (Lipinski definition) is 5. The van der Waals surface area contributed by atoms with E-state index in [-0.39, 0.29) is 24.9 Å². The van der Waals surface area contributed by atoms with Gasteiger partial charge in [0.2, 0.25) is 0 Å². The summed E-state index contributed by atoms with van der Waals surface area (Å²) >= 11 is 0. The summed E-state index contributed by atoms with van der Waals surface area (Å²) in [6.45, 7) is 0.844. The highest BCUT2D eigenvalue weighted by Gasteiger charge is 2.29.